The van der Waals surface area contributed by atoms with Crippen LogP contribution in [0.15, 0.2) is 121 Å². The molecule has 0 saturated heterocycles. The molecule has 0 bridgehead atoms. The van der Waals surface area contributed by atoms with E-state index >= 15 is 0 Å². The van der Waals surface area contributed by atoms with Crippen molar-refractivity contribution in [2.24, 2.45) is 0 Å². The summed E-state index contributed by atoms with van der Waals surface area (Å²) in [4.78, 5) is 0. The number of halogens is 8. The Hall–Kier alpha value is -3.69. The van der Waals surface area contributed by atoms with Crippen molar-refractivity contribution >= 4 is 37.1 Å². The smallest absolute Gasteiger partial charge is 0.273 e. The van der Waals surface area contributed by atoms with Gasteiger partial charge in [0, 0.05) is 11.6 Å². The average molecular weight is 892 g/mol. The molecule has 0 aromatic heterocycles. The van der Waals surface area contributed by atoms with Gasteiger partial charge in [-0.2, -0.15) is 23.3 Å². The topological polar surface area (TPSA) is 0 Å². The second-order valence-electron chi connectivity index (χ2n) is 10.4. The molecule has 0 radical (unpaired) electrons. The van der Waals surface area contributed by atoms with Gasteiger partial charge in [-0.05, 0) is 48.5 Å². The molecule has 252 valence electrons. The summed E-state index contributed by atoms with van der Waals surface area (Å²) >= 11 is 0. The van der Waals surface area contributed by atoms with Gasteiger partial charge in [0.1, 0.15) is 35.6 Å². The summed E-state index contributed by atoms with van der Waals surface area (Å²) in [6, 6.07) is 47.0. The summed E-state index contributed by atoms with van der Waals surface area (Å²) in [5.41, 5.74) is -2.92. The minimum absolute atomic E-state index is 0. The maximum absolute atomic E-state index is 13.3. The third-order valence-corrected chi connectivity index (χ3v) is 13.5. The third kappa shape index (κ3) is 9.11. The van der Waals surface area contributed by atoms with E-state index in [1.165, 1.54) is 45.7 Å². The zero-order valence-corrected chi connectivity index (χ0v) is 29.6. The summed E-state index contributed by atoms with van der Waals surface area (Å²) in [5, 5.41) is 6.06. The molecule has 0 spiro atoms. The molecule has 0 aliphatic carbocycles. The normalized spacial score (nSPS) is 10.8. The van der Waals surface area contributed by atoms with E-state index in [0.717, 1.165) is 0 Å². The van der Waals surface area contributed by atoms with Crippen molar-refractivity contribution in [1.29, 1.82) is 0 Å². The van der Waals surface area contributed by atoms with Crippen molar-refractivity contribution in [3.63, 3.8) is 0 Å². The van der Waals surface area contributed by atoms with Crippen molar-refractivity contribution in [3.8, 4) is 11.1 Å². The fourth-order valence-corrected chi connectivity index (χ4v) is 11.3. The van der Waals surface area contributed by atoms with Gasteiger partial charge in [0.25, 0.3) is 0 Å². The number of hydrogen-bond donors (Lipinski definition) is 0. The first-order valence-corrected chi connectivity index (χ1v) is 18.0. The van der Waals surface area contributed by atoms with Gasteiger partial charge in [-0.3, -0.25) is 17.6 Å². The largest absolute Gasteiger partial charge is 2.00 e. The van der Waals surface area contributed by atoms with E-state index in [9.17, 15) is 35.1 Å². The van der Waals surface area contributed by atoms with Gasteiger partial charge in [0.2, 0.25) is 0 Å². The van der Waals surface area contributed by atoms with Gasteiger partial charge >= 0.3 is 21.1 Å². The molecule has 0 saturated carbocycles. The number of rotatable bonds is 8. The Morgan fingerprint density at radius 2 is 0.592 bits per heavy atom. The summed E-state index contributed by atoms with van der Waals surface area (Å²) in [6.45, 7) is 0. The molecule has 0 aliphatic rings. The predicted molar refractivity (Wildman–Crippen MR) is 180 cm³/mol. The number of benzene rings is 6. The van der Waals surface area contributed by atoms with E-state index < -0.39 is 73.5 Å². The Kier molecular flexibility index (Phi) is 13.9. The molecule has 49 heavy (non-hydrogen) atoms. The first-order chi connectivity index (χ1) is 23.2. The van der Waals surface area contributed by atoms with Gasteiger partial charge in [-0.15, -0.1) is 0 Å². The fraction of sp³-hybridized carbons (Fsp3) is 0.0526. The van der Waals surface area contributed by atoms with Crippen LogP contribution < -0.4 is 21.2 Å². The van der Waals surface area contributed by atoms with Gasteiger partial charge in [-0.25, -0.2) is 17.6 Å². The minimum atomic E-state index is -2.34. The molecule has 0 amide bonds. The van der Waals surface area contributed by atoms with Gasteiger partial charge < -0.3 is 0 Å². The van der Waals surface area contributed by atoms with Crippen LogP contribution in [0.2, 0.25) is 0 Å². The van der Waals surface area contributed by atoms with Crippen LogP contribution in [0.4, 0.5) is 35.1 Å². The zero-order valence-electron chi connectivity index (χ0n) is 25.3. The zero-order chi connectivity index (χ0) is 34.2. The quantitative estimate of drug-likeness (QED) is 0.0472. The van der Waals surface area contributed by atoms with Gasteiger partial charge in [0.15, 0.2) is 0 Å². The summed E-state index contributed by atoms with van der Waals surface area (Å²) in [7, 11) is -1.57. The average Bonchev–Trinajstić information content (AvgIpc) is 3.13. The molecule has 0 heterocycles. The van der Waals surface area contributed by atoms with Crippen LogP contribution in [-0.4, -0.2) is 12.3 Å². The molecule has 0 unspecified atom stereocenters. The molecule has 0 atom stereocenters. The standard InChI is InChI=1S/C26H24P2.C12F8.Pt/c1-5-13-23(14-6-1)27(24-15-7-2-8-16-24)21-22-28(25-17-9-3-10-18-25)26-19-11-4-12-20-26;13-5-1-3(7(15)11(19)9(5)17)4-2-6(14)10(18)12(20)8(4)16;/h1-20H,21-22H2;;/q;-2;+2/p+2. The second-order valence-corrected chi connectivity index (χ2v) is 15.7. The van der Waals surface area contributed by atoms with E-state index in [-0.39, 0.29) is 21.1 Å². The fourth-order valence-electron chi connectivity index (χ4n) is 5.11. The summed E-state index contributed by atoms with van der Waals surface area (Å²) < 4.78 is 104. The SMILES string of the molecule is Fc1[c-]c(-c2[c-]c(F)c(F)c(F)c2F)c(F)c(F)c1F.[Pt+2].c1ccc([PH+](CC[PH+](c2ccccc2)c2ccccc2)c2ccccc2)cc1. The van der Waals surface area contributed by atoms with E-state index in [4.69, 9.17) is 0 Å². The van der Waals surface area contributed by atoms with Crippen LogP contribution in [0.25, 0.3) is 11.1 Å². The van der Waals surface area contributed by atoms with Gasteiger partial charge in [-0.1, -0.05) is 72.8 Å². The van der Waals surface area contributed by atoms with E-state index in [0.29, 0.717) is 0 Å². The summed E-state index contributed by atoms with van der Waals surface area (Å²) in [6.07, 6.45) is 2.52. The molecule has 0 fully saturated rings. The molecular weight excluding hydrogens is 865 g/mol. The van der Waals surface area contributed by atoms with Crippen LogP contribution in [0.5, 0.6) is 0 Å². The maximum atomic E-state index is 13.3. The number of hydrogen-bond acceptors (Lipinski definition) is 0. The molecule has 0 N–H and O–H groups in total. The third-order valence-electron chi connectivity index (χ3n) is 7.43. The summed E-state index contributed by atoms with van der Waals surface area (Å²) in [5.74, 6) is -17.5. The minimum Gasteiger partial charge on any atom is -0.273 e. The Morgan fingerprint density at radius 1 is 0.347 bits per heavy atom. The van der Waals surface area contributed by atoms with Crippen LogP contribution in [0, 0.1) is 58.7 Å². The van der Waals surface area contributed by atoms with Crippen LogP contribution in [0.1, 0.15) is 0 Å². The Balaban J connectivity index is 0.000000229. The molecule has 0 nitrogen and oxygen atoms in total. The van der Waals surface area contributed by atoms with E-state index in [2.05, 4.69) is 121 Å². The van der Waals surface area contributed by atoms with Crippen LogP contribution >= 0.6 is 15.8 Å². The van der Waals surface area contributed by atoms with Crippen LogP contribution in [0.3, 0.4) is 0 Å². The molecular formula is C38H26F8P2Pt+2. The molecule has 6 rings (SSSR count). The van der Waals surface area contributed by atoms with Crippen LogP contribution in [-0.2, 0) is 21.1 Å². The molecule has 6 aromatic rings. The monoisotopic (exact) mass is 891 g/mol. The maximum Gasteiger partial charge on any atom is 2.00 e. The Morgan fingerprint density at radius 3 is 0.837 bits per heavy atom. The van der Waals surface area contributed by atoms with E-state index in [1.54, 1.807) is 0 Å². The molecule has 11 heteroatoms. The Labute approximate surface area is 295 Å². The van der Waals surface area contributed by atoms with Crippen molar-refractivity contribution in [3.05, 3.63) is 180 Å². The van der Waals surface area contributed by atoms with Crippen molar-refractivity contribution in [1.82, 2.24) is 0 Å². The van der Waals surface area contributed by atoms with Crippen molar-refractivity contribution < 1.29 is 56.2 Å². The first-order valence-electron chi connectivity index (χ1n) is 14.6. The molecule has 0 aliphatic heterocycles. The van der Waals surface area contributed by atoms with Crippen molar-refractivity contribution in [2.75, 3.05) is 12.3 Å². The van der Waals surface area contributed by atoms with Crippen molar-refractivity contribution in [2.45, 2.75) is 0 Å². The second kappa shape index (κ2) is 17.8. The van der Waals surface area contributed by atoms with Gasteiger partial charge in [0.05, 0.1) is 48.7 Å². The first kappa shape index (κ1) is 38.1. The Bertz CT molecular complexity index is 1740. The predicted octanol–water partition coefficient (Wildman–Crippen LogP) is 8.78. The van der Waals surface area contributed by atoms with E-state index in [1.807, 2.05) is 0 Å². The molecule has 6 aromatic carbocycles.